The van der Waals surface area contributed by atoms with E-state index in [4.69, 9.17) is 12.7 Å². The Morgan fingerprint density at radius 1 is 0.739 bits per heavy atom. The lowest BCUT2D eigenvalue weighted by atomic mass is 10.2. The molecule has 2 atom stereocenters. The molecule has 0 aliphatic rings. The van der Waals surface area contributed by atoms with Crippen LogP contribution in [0.3, 0.4) is 0 Å². The number of unbranched alkanes of at least 4 members (excludes halogenated alkanes) is 3. The van der Waals surface area contributed by atoms with Crippen LogP contribution in [0.1, 0.15) is 60.3 Å². The molecule has 0 bridgehead atoms. The summed E-state index contributed by atoms with van der Waals surface area (Å²) in [4.78, 5) is 0. The number of hydrogen-bond acceptors (Lipinski definition) is 3. The Labute approximate surface area is 149 Å². The fourth-order valence-corrected chi connectivity index (χ4v) is 16.2. The van der Waals surface area contributed by atoms with E-state index >= 15 is 0 Å². The summed E-state index contributed by atoms with van der Waals surface area (Å²) >= 11 is 0. The van der Waals surface area contributed by atoms with Gasteiger partial charge in [-0.3, -0.25) is 0 Å². The van der Waals surface area contributed by atoms with Crippen LogP contribution in [0.5, 0.6) is 0 Å². The van der Waals surface area contributed by atoms with E-state index < -0.39 is 25.4 Å². The molecule has 2 unspecified atom stereocenters. The first-order valence-corrected chi connectivity index (χ1v) is 17.8. The summed E-state index contributed by atoms with van der Waals surface area (Å²) in [6, 6.07) is 2.06. The summed E-state index contributed by atoms with van der Waals surface area (Å²) in [6.45, 7) is 22.1. The monoisotopic (exact) mass is 378 g/mol. The molecule has 0 N–H and O–H groups in total. The van der Waals surface area contributed by atoms with E-state index in [1.165, 1.54) is 25.7 Å². The Morgan fingerprint density at radius 3 is 1.70 bits per heavy atom. The van der Waals surface area contributed by atoms with Crippen LogP contribution in [0.15, 0.2) is 0 Å². The van der Waals surface area contributed by atoms with Gasteiger partial charge in [0.2, 0.25) is 0 Å². The van der Waals surface area contributed by atoms with E-state index in [9.17, 15) is 0 Å². The van der Waals surface area contributed by atoms with Crippen LogP contribution in [0, 0.1) is 0 Å². The summed E-state index contributed by atoms with van der Waals surface area (Å²) in [7, 11) is -6.02. The quantitative estimate of drug-likeness (QED) is 0.307. The summed E-state index contributed by atoms with van der Waals surface area (Å²) < 4.78 is 19.8. The van der Waals surface area contributed by atoms with Crippen LogP contribution in [-0.2, 0) is 12.7 Å². The second kappa shape index (κ2) is 9.29. The van der Waals surface area contributed by atoms with E-state index in [1.54, 1.807) is 0 Å². The summed E-state index contributed by atoms with van der Waals surface area (Å²) in [5.41, 5.74) is -0.159. The highest BCUT2D eigenvalue weighted by atomic mass is 28.5. The van der Waals surface area contributed by atoms with Gasteiger partial charge in [0.15, 0.2) is 8.32 Å². The van der Waals surface area contributed by atoms with Gasteiger partial charge in [-0.2, -0.15) is 0 Å². The van der Waals surface area contributed by atoms with Gasteiger partial charge < -0.3 is 12.7 Å². The lowest BCUT2D eigenvalue weighted by molar-refractivity contribution is 0.0857. The molecule has 0 aromatic carbocycles. The zero-order valence-electron chi connectivity index (χ0n) is 17.5. The molecule has 0 aromatic heterocycles. The van der Waals surface area contributed by atoms with Crippen LogP contribution < -0.4 is 0 Å². The minimum atomic E-state index is -2.20. The molecule has 6 heteroatoms. The highest BCUT2D eigenvalue weighted by molar-refractivity contribution is 6.86. The van der Waals surface area contributed by atoms with Crippen molar-refractivity contribution in [2.75, 3.05) is 0 Å². The first kappa shape index (κ1) is 23.5. The van der Waals surface area contributed by atoms with Gasteiger partial charge in [-0.25, -0.2) is 0 Å². The molecule has 0 radical (unpaired) electrons. The van der Waals surface area contributed by atoms with Crippen LogP contribution in [-0.4, -0.2) is 31.0 Å². The fraction of sp³-hybridized carbons (Fsp3) is 1.00. The SMILES string of the molecule is CCCCCC[Si](C)(O[Si](C)(C)C)O[Si](C)(CC)OC(C)(C)C. The minimum Gasteiger partial charge on any atom is -0.437 e. The van der Waals surface area contributed by atoms with Gasteiger partial charge in [-0.05, 0) is 65.6 Å². The largest absolute Gasteiger partial charge is 0.437 e. The van der Waals surface area contributed by atoms with Crippen molar-refractivity contribution < 1.29 is 12.7 Å². The summed E-state index contributed by atoms with van der Waals surface area (Å²) in [5, 5.41) is 0. The Hall–Kier alpha value is 0.531. The van der Waals surface area contributed by atoms with E-state index in [1.807, 2.05) is 0 Å². The standard InChI is InChI=1S/C17H42O3Si3/c1-11-13-14-15-16-23(10,19-21(6,7)8)20-22(9,12-2)18-17(3,4)5/h11-16H2,1-10H3. The zero-order valence-corrected chi connectivity index (χ0v) is 20.5. The van der Waals surface area contributed by atoms with Crippen molar-refractivity contribution >= 4 is 25.4 Å². The molecule has 0 amide bonds. The van der Waals surface area contributed by atoms with Gasteiger partial charge in [0.1, 0.15) is 0 Å². The number of rotatable bonds is 11. The van der Waals surface area contributed by atoms with E-state index in [0.717, 1.165) is 12.1 Å². The Balaban J connectivity index is 5.09. The van der Waals surface area contributed by atoms with Gasteiger partial charge in [0, 0.05) is 0 Å². The molecule has 0 aliphatic heterocycles. The third-order valence-electron chi connectivity index (χ3n) is 3.60. The maximum Gasteiger partial charge on any atom is 0.326 e. The van der Waals surface area contributed by atoms with Crippen molar-refractivity contribution in [2.24, 2.45) is 0 Å². The lowest BCUT2D eigenvalue weighted by Gasteiger charge is -2.42. The average molecular weight is 379 g/mol. The molecule has 0 fully saturated rings. The third kappa shape index (κ3) is 11.7. The molecule has 3 nitrogen and oxygen atoms in total. The molecular weight excluding hydrogens is 336 g/mol. The molecule has 0 aliphatic carbocycles. The van der Waals surface area contributed by atoms with Gasteiger partial charge in [0.05, 0.1) is 5.60 Å². The summed E-state index contributed by atoms with van der Waals surface area (Å²) in [5.74, 6) is 0. The predicted octanol–water partition coefficient (Wildman–Crippen LogP) is 6.41. The smallest absolute Gasteiger partial charge is 0.326 e. The van der Waals surface area contributed by atoms with E-state index in [0.29, 0.717) is 0 Å². The highest BCUT2D eigenvalue weighted by Crippen LogP contribution is 2.30. The van der Waals surface area contributed by atoms with E-state index in [-0.39, 0.29) is 5.60 Å². The van der Waals surface area contributed by atoms with Gasteiger partial charge in [-0.15, -0.1) is 0 Å². The van der Waals surface area contributed by atoms with Crippen molar-refractivity contribution in [3.8, 4) is 0 Å². The van der Waals surface area contributed by atoms with Gasteiger partial charge >= 0.3 is 17.1 Å². The Morgan fingerprint density at radius 2 is 1.30 bits per heavy atom. The minimum absolute atomic E-state index is 0.159. The summed E-state index contributed by atoms with van der Waals surface area (Å²) in [6.07, 6.45) is 5.06. The molecule has 0 heterocycles. The fourth-order valence-electron chi connectivity index (χ4n) is 2.91. The predicted molar refractivity (Wildman–Crippen MR) is 109 cm³/mol. The maximum atomic E-state index is 6.78. The molecule has 0 saturated heterocycles. The Bertz CT molecular complexity index is 339. The van der Waals surface area contributed by atoms with E-state index in [2.05, 4.69) is 67.4 Å². The molecule has 0 aromatic rings. The molecule has 140 valence electrons. The third-order valence-corrected chi connectivity index (χ3v) is 14.8. The van der Waals surface area contributed by atoms with Crippen LogP contribution in [0.25, 0.3) is 0 Å². The molecule has 0 spiro atoms. The van der Waals surface area contributed by atoms with Crippen molar-refractivity contribution in [1.29, 1.82) is 0 Å². The van der Waals surface area contributed by atoms with Gasteiger partial charge in [-0.1, -0.05) is 39.5 Å². The first-order chi connectivity index (χ1) is 10.2. The zero-order chi connectivity index (χ0) is 18.4. The molecule has 0 rings (SSSR count). The molecular formula is C17H42O3Si3. The highest BCUT2D eigenvalue weighted by Gasteiger charge is 2.45. The van der Waals surface area contributed by atoms with Gasteiger partial charge in [0.25, 0.3) is 0 Å². The lowest BCUT2D eigenvalue weighted by Crippen LogP contribution is -2.57. The van der Waals surface area contributed by atoms with Crippen molar-refractivity contribution in [3.63, 3.8) is 0 Å². The van der Waals surface area contributed by atoms with Crippen LogP contribution >= 0.6 is 0 Å². The Kier molecular flexibility index (Phi) is 9.50. The molecule has 0 saturated carbocycles. The van der Waals surface area contributed by atoms with Crippen molar-refractivity contribution in [3.05, 3.63) is 0 Å². The maximum absolute atomic E-state index is 6.78. The number of hydrogen-bond donors (Lipinski definition) is 0. The second-order valence-electron chi connectivity index (χ2n) is 8.96. The normalized spacial score (nSPS) is 18.5. The average Bonchev–Trinajstić information content (AvgIpc) is 2.29. The van der Waals surface area contributed by atoms with Crippen molar-refractivity contribution in [1.82, 2.24) is 0 Å². The van der Waals surface area contributed by atoms with Crippen LogP contribution in [0.2, 0.25) is 44.8 Å². The van der Waals surface area contributed by atoms with Crippen LogP contribution in [0.4, 0.5) is 0 Å². The van der Waals surface area contributed by atoms with Crippen molar-refractivity contribution in [2.45, 2.75) is 111 Å². The first-order valence-electron chi connectivity index (χ1n) is 9.35. The second-order valence-corrected chi connectivity index (χ2v) is 20.8. The topological polar surface area (TPSA) is 27.7 Å². The molecule has 23 heavy (non-hydrogen) atoms.